The van der Waals surface area contributed by atoms with Crippen molar-refractivity contribution in [2.75, 3.05) is 32.7 Å². The van der Waals surface area contributed by atoms with Crippen LogP contribution in [0.1, 0.15) is 16.7 Å². The molecule has 2 unspecified atom stereocenters. The molecule has 4 heteroatoms. The Balaban J connectivity index is 1.41. The third-order valence-electron chi connectivity index (χ3n) is 5.25. The Morgan fingerprint density at radius 1 is 0.885 bits per heavy atom. The van der Waals surface area contributed by atoms with E-state index in [1.54, 1.807) is 0 Å². The molecule has 1 aliphatic rings. The molecule has 1 saturated heterocycles. The van der Waals surface area contributed by atoms with Crippen molar-refractivity contribution in [3.05, 3.63) is 71.3 Å². The maximum Gasteiger partial charge on any atom is 0.0820 e. The van der Waals surface area contributed by atoms with Crippen molar-refractivity contribution in [3.63, 3.8) is 0 Å². The van der Waals surface area contributed by atoms with Crippen LogP contribution in [-0.4, -0.2) is 59.8 Å². The van der Waals surface area contributed by atoms with Crippen LogP contribution in [0, 0.1) is 6.92 Å². The first-order chi connectivity index (χ1) is 12.6. The smallest absolute Gasteiger partial charge is 0.0820 e. The molecule has 2 aromatic rings. The minimum absolute atomic E-state index is 0.219. The van der Waals surface area contributed by atoms with E-state index in [9.17, 15) is 5.11 Å². The van der Waals surface area contributed by atoms with Crippen molar-refractivity contribution < 1.29 is 5.11 Å². The van der Waals surface area contributed by atoms with Gasteiger partial charge in [0.15, 0.2) is 0 Å². The van der Waals surface area contributed by atoms with Crippen LogP contribution >= 0.6 is 0 Å². The Kier molecular flexibility index (Phi) is 6.80. The molecule has 1 fully saturated rings. The SMILES string of the molecule is Cc1ccc(CN2CCN(CC(O)C(N)Cc3ccccc3)CC2)cc1. The van der Waals surface area contributed by atoms with E-state index in [-0.39, 0.29) is 6.04 Å². The number of rotatable bonds is 7. The van der Waals surface area contributed by atoms with E-state index in [0.29, 0.717) is 6.54 Å². The first-order valence-electron chi connectivity index (χ1n) is 9.58. The van der Waals surface area contributed by atoms with Gasteiger partial charge in [-0.05, 0) is 24.5 Å². The predicted molar refractivity (Wildman–Crippen MR) is 107 cm³/mol. The van der Waals surface area contributed by atoms with Gasteiger partial charge in [0, 0.05) is 45.3 Å². The minimum atomic E-state index is -0.487. The summed E-state index contributed by atoms with van der Waals surface area (Å²) in [4.78, 5) is 4.82. The molecule has 1 aliphatic heterocycles. The largest absolute Gasteiger partial charge is 0.390 e. The zero-order chi connectivity index (χ0) is 18.4. The van der Waals surface area contributed by atoms with Crippen LogP contribution in [0.15, 0.2) is 54.6 Å². The lowest BCUT2D eigenvalue weighted by Crippen LogP contribution is -2.51. The fourth-order valence-electron chi connectivity index (χ4n) is 3.50. The number of piperazine rings is 1. The maximum absolute atomic E-state index is 10.5. The Morgan fingerprint density at radius 2 is 1.50 bits per heavy atom. The van der Waals surface area contributed by atoms with Gasteiger partial charge in [0.05, 0.1) is 6.10 Å². The molecule has 2 atom stereocenters. The van der Waals surface area contributed by atoms with E-state index in [0.717, 1.165) is 39.1 Å². The van der Waals surface area contributed by atoms with Gasteiger partial charge in [0.1, 0.15) is 0 Å². The lowest BCUT2D eigenvalue weighted by Gasteiger charge is -2.36. The monoisotopic (exact) mass is 353 g/mol. The Bertz CT molecular complexity index is 651. The summed E-state index contributed by atoms with van der Waals surface area (Å²) in [7, 11) is 0. The molecule has 0 aromatic heterocycles. The normalized spacial score (nSPS) is 18.6. The molecule has 1 heterocycles. The number of benzene rings is 2. The zero-order valence-corrected chi connectivity index (χ0v) is 15.7. The first-order valence-corrected chi connectivity index (χ1v) is 9.58. The third-order valence-corrected chi connectivity index (χ3v) is 5.25. The van der Waals surface area contributed by atoms with Gasteiger partial charge in [0.25, 0.3) is 0 Å². The number of aliphatic hydroxyl groups excluding tert-OH is 1. The van der Waals surface area contributed by atoms with Gasteiger partial charge >= 0.3 is 0 Å². The van der Waals surface area contributed by atoms with E-state index in [1.165, 1.54) is 16.7 Å². The first kappa shape index (κ1) is 19.1. The minimum Gasteiger partial charge on any atom is -0.390 e. The highest BCUT2D eigenvalue weighted by Gasteiger charge is 2.22. The topological polar surface area (TPSA) is 52.7 Å². The molecule has 0 spiro atoms. The van der Waals surface area contributed by atoms with Crippen LogP contribution in [0.4, 0.5) is 0 Å². The second-order valence-corrected chi connectivity index (χ2v) is 7.48. The van der Waals surface area contributed by atoms with E-state index < -0.39 is 6.10 Å². The molecule has 0 radical (unpaired) electrons. The summed E-state index contributed by atoms with van der Waals surface area (Å²) in [6.45, 7) is 7.83. The van der Waals surface area contributed by atoms with Crippen LogP contribution < -0.4 is 5.73 Å². The standard InChI is InChI=1S/C22H31N3O/c1-18-7-9-20(10-8-18)16-24-11-13-25(14-12-24)17-22(26)21(23)15-19-5-3-2-4-6-19/h2-10,21-22,26H,11-17,23H2,1H3. The average Bonchev–Trinajstić information content (AvgIpc) is 2.66. The van der Waals surface area contributed by atoms with Gasteiger partial charge in [-0.2, -0.15) is 0 Å². The molecule has 3 N–H and O–H groups in total. The number of hydrogen-bond acceptors (Lipinski definition) is 4. The van der Waals surface area contributed by atoms with Crippen molar-refractivity contribution in [3.8, 4) is 0 Å². The summed E-state index contributed by atoms with van der Waals surface area (Å²) >= 11 is 0. The number of nitrogens with zero attached hydrogens (tertiary/aromatic N) is 2. The molecule has 4 nitrogen and oxygen atoms in total. The number of β-amino-alcohol motifs (C(OH)–C–C–N with tert-alkyl or cyclic N) is 1. The summed E-state index contributed by atoms with van der Waals surface area (Å²) in [6, 6.07) is 18.7. The van der Waals surface area contributed by atoms with Gasteiger partial charge in [-0.1, -0.05) is 60.2 Å². The molecule has 0 bridgehead atoms. The lowest BCUT2D eigenvalue weighted by atomic mass is 10.0. The van der Waals surface area contributed by atoms with Crippen LogP contribution in [0.3, 0.4) is 0 Å². The van der Waals surface area contributed by atoms with E-state index in [2.05, 4.69) is 53.1 Å². The van der Waals surface area contributed by atoms with Gasteiger partial charge < -0.3 is 10.8 Å². The van der Waals surface area contributed by atoms with Crippen LogP contribution in [0.25, 0.3) is 0 Å². The average molecular weight is 354 g/mol. The fraction of sp³-hybridized carbons (Fsp3) is 0.455. The van der Waals surface area contributed by atoms with Gasteiger partial charge in [-0.15, -0.1) is 0 Å². The van der Waals surface area contributed by atoms with E-state index >= 15 is 0 Å². The number of nitrogens with two attached hydrogens (primary N) is 1. The number of aliphatic hydroxyl groups is 1. The quantitative estimate of drug-likeness (QED) is 0.800. The van der Waals surface area contributed by atoms with Crippen molar-refractivity contribution >= 4 is 0 Å². The summed E-state index contributed by atoms with van der Waals surface area (Å²) in [6.07, 6.45) is 0.230. The van der Waals surface area contributed by atoms with E-state index in [4.69, 9.17) is 5.73 Å². The summed E-state index contributed by atoms with van der Waals surface area (Å²) < 4.78 is 0. The summed E-state index contributed by atoms with van der Waals surface area (Å²) in [5.41, 5.74) is 10.1. The molecule has 140 valence electrons. The molecular formula is C22H31N3O. The van der Waals surface area contributed by atoms with Crippen molar-refractivity contribution in [1.82, 2.24) is 9.80 Å². The van der Waals surface area contributed by atoms with Crippen molar-refractivity contribution in [2.45, 2.75) is 32.0 Å². The molecule has 2 aromatic carbocycles. The Hall–Kier alpha value is -1.72. The van der Waals surface area contributed by atoms with Crippen LogP contribution in [0.5, 0.6) is 0 Å². The van der Waals surface area contributed by atoms with Crippen molar-refractivity contribution in [1.29, 1.82) is 0 Å². The summed E-state index contributed by atoms with van der Waals surface area (Å²) in [5, 5.41) is 10.5. The Labute approximate surface area is 157 Å². The molecule has 3 rings (SSSR count). The molecule has 0 amide bonds. The predicted octanol–water partition coefficient (Wildman–Crippen LogP) is 2.04. The summed E-state index contributed by atoms with van der Waals surface area (Å²) in [5.74, 6) is 0. The molecule has 0 aliphatic carbocycles. The highest BCUT2D eigenvalue weighted by Crippen LogP contribution is 2.11. The molecule has 0 saturated carbocycles. The number of hydrogen-bond donors (Lipinski definition) is 2. The highest BCUT2D eigenvalue weighted by atomic mass is 16.3. The molecular weight excluding hydrogens is 322 g/mol. The second kappa shape index (κ2) is 9.28. The third kappa shape index (κ3) is 5.64. The molecule has 26 heavy (non-hydrogen) atoms. The van der Waals surface area contributed by atoms with Gasteiger partial charge in [-0.3, -0.25) is 9.80 Å². The van der Waals surface area contributed by atoms with Crippen molar-refractivity contribution in [2.24, 2.45) is 5.73 Å². The maximum atomic E-state index is 10.5. The zero-order valence-electron chi connectivity index (χ0n) is 15.7. The fourth-order valence-corrected chi connectivity index (χ4v) is 3.50. The highest BCUT2D eigenvalue weighted by molar-refractivity contribution is 5.21. The lowest BCUT2D eigenvalue weighted by molar-refractivity contribution is 0.0579. The second-order valence-electron chi connectivity index (χ2n) is 7.48. The van der Waals surface area contributed by atoms with Crippen LogP contribution in [0.2, 0.25) is 0 Å². The van der Waals surface area contributed by atoms with Gasteiger partial charge in [0.2, 0.25) is 0 Å². The van der Waals surface area contributed by atoms with E-state index in [1.807, 2.05) is 18.2 Å². The number of aryl methyl sites for hydroxylation is 1. The Morgan fingerprint density at radius 3 is 2.15 bits per heavy atom. The van der Waals surface area contributed by atoms with Crippen LogP contribution in [-0.2, 0) is 13.0 Å². The van der Waals surface area contributed by atoms with Gasteiger partial charge in [-0.25, -0.2) is 0 Å².